The zero-order valence-corrected chi connectivity index (χ0v) is 13.2. The van der Waals surface area contributed by atoms with E-state index in [0.29, 0.717) is 25.8 Å². The van der Waals surface area contributed by atoms with Gasteiger partial charge in [0.1, 0.15) is 5.82 Å². The first-order valence-corrected chi connectivity index (χ1v) is 7.72. The minimum absolute atomic E-state index is 0.155. The van der Waals surface area contributed by atoms with Gasteiger partial charge in [-0.2, -0.15) is 10.2 Å². The van der Waals surface area contributed by atoms with Crippen LogP contribution < -0.4 is 0 Å². The lowest BCUT2D eigenvalue weighted by atomic mass is 10.0. The van der Waals surface area contributed by atoms with Crippen LogP contribution in [0.15, 0.2) is 10.2 Å². The highest BCUT2D eigenvalue weighted by Gasteiger charge is 2.39. The lowest BCUT2D eigenvalue weighted by Gasteiger charge is -2.28. The van der Waals surface area contributed by atoms with Crippen molar-refractivity contribution in [2.24, 2.45) is 10.2 Å². The number of imidazole rings is 1. The number of terminal acetylenes is 1. The van der Waals surface area contributed by atoms with Crippen LogP contribution in [-0.2, 0) is 17.9 Å². The van der Waals surface area contributed by atoms with E-state index in [0.717, 1.165) is 31.0 Å². The summed E-state index contributed by atoms with van der Waals surface area (Å²) in [7, 11) is 0. The van der Waals surface area contributed by atoms with Gasteiger partial charge in [0.25, 0.3) is 0 Å². The van der Waals surface area contributed by atoms with Gasteiger partial charge in [-0.05, 0) is 13.8 Å². The second-order valence-corrected chi connectivity index (χ2v) is 6.05. The molecule has 0 saturated heterocycles. The molecule has 1 amide bonds. The van der Waals surface area contributed by atoms with Crippen LogP contribution in [0.25, 0.3) is 0 Å². The zero-order chi connectivity index (χ0) is 15.7. The average Bonchev–Trinajstić information content (AvgIpc) is 3.24. The molecule has 0 radical (unpaired) electrons. The van der Waals surface area contributed by atoms with E-state index in [4.69, 9.17) is 6.42 Å². The molecule has 0 spiro atoms. The SMILES string of the molecule is C#CCCC1(CCC(=O)N2CCn3c(nc(C)c3C)C2)N=N1. The number of hydrogen-bond acceptors (Lipinski definition) is 4. The molecular weight excluding hydrogens is 278 g/mol. The Balaban J connectivity index is 1.55. The normalized spacial score (nSPS) is 18.0. The quantitative estimate of drug-likeness (QED) is 0.782. The number of nitrogens with zero attached hydrogens (tertiary/aromatic N) is 5. The molecule has 1 aromatic heterocycles. The van der Waals surface area contributed by atoms with Crippen molar-refractivity contribution in [1.29, 1.82) is 0 Å². The molecule has 6 heteroatoms. The van der Waals surface area contributed by atoms with Gasteiger partial charge in [-0.15, -0.1) is 12.3 Å². The molecule has 0 saturated carbocycles. The molecule has 0 N–H and O–H groups in total. The van der Waals surface area contributed by atoms with Gasteiger partial charge in [0.15, 0.2) is 5.66 Å². The Hall–Kier alpha value is -2.16. The molecule has 0 atom stereocenters. The molecule has 0 aromatic carbocycles. The van der Waals surface area contributed by atoms with E-state index in [9.17, 15) is 4.79 Å². The van der Waals surface area contributed by atoms with Gasteiger partial charge in [0, 0.05) is 44.5 Å². The number of carbonyl (C=O) groups is 1. The molecule has 3 heterocycles. The van der Waals surface area contributed by atoms with Crippen LogP contribution in [0.4, 0.5) is 0 Å². The summed E-state index contributed by atoms with van der Waals surface area (Å²) in [4.78, 5) is 18.9. The van der Waals surface area contributed by atoms with Gasteiger partial charge in [0.2, 0.25) is 5.91 Å². The third-order valence-electron chi connectivity index (χ3n) is 4.61. The Morgan fingerprint density at radius 2 is 2.09 bits per heavy atom. The van der Waals surface area contributed by atoms with Crippen LogP contribution in [-0.4, -0.2) is 32.6 Å². The second kappa shape index (κ2) is 5.56. The first-order valence-electron chi connectivity index (χ1n) is 7.72. The third-order valence-corrected chi connectivity index (χ3v) is 4.61. The van der Waals surface area contributed by atoms with Crippen molar-refractivity contribution >= 4 is 5.91 Å². The molecular formula is C16H21N5O. The topological polar surface area (TPSA) is 62.9 Å². The number of rotatable bonds is 5. The molecule has 0 fully saturated rings. The standard InChI is InChI=1S/C16H21N5O/c1-4-5-7-16(18-19-16)8-6-15(22)20-9-10-21-13(3)12(2)17-14(21)11-20/h1H,5-11H2,2-3H3. The van der Waals surface area contributed by atoms with Crippen LogP contribution in [0.1, 0.15) is 42.9 Å². The van der Waals surface area contributed by atoms with Crippen molar-refractivity contribution in [3.8, 4) is 12.3 Å². The van der Waals surface area contributed by atoms with E-state index in [1.807, 2.05) is 11.8 Å². The smallest absolute Gasteiger partial charge is 0.223 e. The van der Waals surface area contributed by atoms with E-state index in [2.05, 4.69) is 32.6 Å². The highest BCUT2D eigenvalue weighted by atomic mass is 16.2. The highest BCUT2D eigenvalue weighted by molar-refractivity contribution is 5.76. The first kappa shape index (κ1) is 14.8. The fourth-order valence-corrected chi connectivity index (χ4v) is 2.96. The Morgan fingerprint density at radius 3 is 2.77 bits per heavy atom. The van der Waals surface area contributed by atoms with Gasteiger partial charge in [-0.25, -0.2) is 4.98 Å². The van der Waals surface area contributed by atoms with Crippen molar-refractivity contribution in [1.82, 2.24) is 14.5 Å². The third kappa shape index (κ3) is 2.76. The van der Waals surface area contributed by atoms with Crippen molar-refractivity contribution in [2.45, 2.75) is 58.3 Å². The van der Waals surface area contributed by atoms with E-state index >= 15 is 0 Å². The zero-order valence-electron chi connectivity index (χ0n) is 13.2. The molecule has 2 aliphatic heterocycles. The summed E-state index contributed by atoms with van der Waals surface area (Å²) in [5.41, 5.74) is 1.88. The summed E-state index contributed by atoms with van der Waals surface area (Å²) in [6.07, 6.45) is 7.81. The van der Waals surface area contributed by atoms with E-state index < -0.39 is 0 Å². The monoisotopic (exact) mass is 299 g/mol. The molecule has 22 heavy (non-hydrogen) atoms. The fourth-order valence-electron chi connectivity index (χ4n) is 2.96. The van der Waals surface area contributed by atoms with E-state index in [1.54, 1.807) is 0 Å². The maximum Gasteiger partial charge on any atom is 0.223 e. The van der Waals surface area contributed by atoms with Gasteiger partial charge in [-0.1, -0.05) is 0 Å². The van der Waals surface area contributed by atoms with Crippen LogP contribution in [0.2, 0.25) is 0 Å². The highest BCUT2D eigenvalue weighted by Crippen LogP contribution is 2.37. The van der Waals surface area contributed by atoms with E-state index in [-0.39, 0.29) is 11.6 Å². The maximum absolute atomic E-state index is 12.4. The van der Waals surface area contributed by atoms with Gasteiger partial charge in [-0.3, -0.25) is 4.79 Å². The van der Waals surface area contributed by atoms with Crippen LogP contribution in [0.5, 0.6) is 0 Å². The number of fused-ring (bicyclic) bond motifs is 1. The Morgan fingerprint density at radius 1 is 1.32 bits per heavy atom. The minimum atomic E-state index is -0.372. The second-order valence-electron chi connectivity index (χ2n) is 6.05. The minimum Gasteiger partial charge on any atom is -0.333 e. The summed E-state index contributed by atoms with van der Waals surface area (Å²) < 4.78 is 2.21. The number of aryl methyl sites for hydroxylation is 1. The number of carbonyl (C=O) groups excluding carboxylic acids is 1. The molecule has 0 aliphatic carbocycles. The van der Waals surface area contributed by atoms with Crippen LogP contribution in [0.3, 0.4) is 0 Å². The van der Waals surface area contributed by atoms with Crippen molar-refractivity contribution in [3.05, 3.63) is 17.2 Å². The largest absolute Gasteiger partial charge is 0.333 e. The van der Waals surface area contributed by atoms with Crippen LogP contribution >= 0.6 is 0 Å². The first-order chi connectivity index (χ1) is 10.5. The molecule has 0 unspecified atom stereocenters. The number of hydrogen-bond donors (Lipinski definition) is 0. The number of amides is 1. The fraction of sp³-hybridized carbons (Fsp3) is 0.625. The van der Waals surface area contributed by atoms with Crippen molar-refractivity contribution < 1.29 is 4.79 Å². The predicted octanol–water partition coefficient (Wildman–Crippen LogP) is 2.20. The summed E-state index contributed by atoms with van der Waals surface area (Å²) in [5, 5.41) is 8.16. The lowest BCUT2D eigenvalue weighted by Crippen LogP contribution is -2.39. The van der Waals surface area contributed by atoms with Gasteiger partial charge < -0.3 is 9.47 Å². The predicted molar refractivity (Wildman–Crippen MR) is 82.0 cm³/mol. The summed E-state index contributed by atoms with van der Waals surface area (Å²) in [5.74, 6) is 3.75. The lowest BCUT2D eigenvalue weighted by molar-refractivity contribution is -0.133. The van der Waals surface area contributed by atoms with Gasteiger partial charge >= 0.3 is 0 Å². The Labute approximate surface area is 130 Å². The van der Waals surface area contributed by atoms with Gasteiger partial charge in [0.05, 0.1) is 12.2 Å². The van der Waals surface area contributed by atoms with E-state index in [1.165, 1.54) is 5.69 Å². The average molecular weight is 299 g/mol. The molecule has 116 valence electrons. The summed E-state index contributed by atoms with van der Waals surface area (Å²) >= 11 is 0. The maximum atomic E-state index is 12.4. The Kier molecular flexibility index (Phi) is 3.73. The van der Waals surface area contributed by atoms with Crippen LogP contribution in [0, 0.1) is 26.2 Å². The number of aromatic nitrogens is 2. The molecule has 2 aliphatic rings. The Bertz CT molecular complexity index is 661. The molecule has 6 nitrogen and oxygen atoms in total. The van der Waals surface area contributed by atoms with Crippen molar-refractivity contribution in [2.75, 3.05) is 6.54 Å². The molecule has 3 rings (SSSR count). The molecule has 0 bridgehead atoms. The van der Waals surface area contributed by atoms with Crippen molar-refractivity contribution in [3.63, 3.8) is 0 Å². The molecule has 1 aromatic rings. The summed E-state index contributed by atoms with van der Waals surface area (Å²) in [6, 6.07) is 0. The summed E-state index contributed by atoms with van der Waals surface area (Å²) in [6.45, 7) is 6.25.